The van der Waals surface area contributed by atoms with E-state index < -0.39 is 30.0 Å². The minimum Gasteiger partial charge on any atom is -0.445 e. The summed E-state index contributed by atoms with van der Waals surface area (Å²) >= 11 is 0. The second kappa shape index (κ2) is 12.4. The van der Waals surface area contributed by atoms with Crippen molar-refractivity contribution in [3.63, 3.8) is 0 Å². The number of amides is 3. The molecule has 3 rings (SSSR count). The van der Waals surface area contributed by atoms with E-state index in [0.717, 1.165) is 27.8 Å². The van der Waals surface area contributed by atoms with Gasteiger partial charge < -0.3 is 21.1 Å². The summed E-state index contributed by atoms with van der Waals surface area (Å²) in [6.45, 7) is 4.06. The van der Waals surface area contributed by atoms with Gasteiger partial charge in [0.2, 0.25) is 11.8 Å². The molecule has 2 atom stereocenters. The van der Waals surface area contributed by atoms with Crippen molar-refractivity contribution >= 4 is 17.9 Å². The number of primary amides is 1. The molecule has 0 aliphatic heterocycles. The van der Waals surface area contributed by atoms with Gasteiger partial charge in [-0.05, 0) is 41.7 Å². The number of alkyl carbamates (subject to hydrolysis) is 1. The van der Waals surface area contributed by atoms with Gasteiger partial charge in [0.15, 0.2) is 0 Å². The van der Waals surface area contributed by atoms with Crippen LogP contribution in [0.4, 0.5) is 4.79 Å². The van der Waals surface area contributed by atoms with E-state index in [-0.39, 0.29) is 19.4 Å². The van der Waals surface area contributed by atoms with E-state index in [4.69, 9.17) is 10.5 Å². The van der Waals surface area contributed by atoms with Crippen molar-refractivity contribution in [3.8, 4) is 0 Å². The summed E-state index contributed by atoms with van der Waals surface area (Å²) in [6, 6.07) is 22.5. The van der Waals surface area contributed by atoms with Crippen molar-refractivity contribution < 1.29 is 19.1 Å². The molecule has 0 saturated carbocycles. The molecule has 35 heavy (non-hydrogen) atoms. The summed E-state index contributed by atoms with van der Waals surface area (Å²) in [5.74, 6) is -1.17. The fourth-order valence-electron chi connectivity index (χ4n) is 3.63. The van der Waals surface area contributed by atoms with Crippen LogP contribution in [0.15, 0.2) is 78.9 Å². The molecule has 7 nitrogen and oxygen atoms in total. The summed E-state index contributed by atoms with van der Waals surface area (Å²) in [5, 5.41) is 5.35. The molecule has 0 heterocycles. The second-order valence-electron chi connectivity index (χ2n) is 8.53. The van der Waals surface area contributed by atoms with Crippen molar-refractivity contribution in [1.82, 2.24) is 10.6 Å². The normalized spacial score (nSPS) is 12.3. The number of hydrogen-bond acceptors (Lipinski definition) is 4. The number of ether oxygens (including phenoxy) is 1. The quantitative estimate of drug-likeness (QED) is 0.419. The van der Waals surface area contributed by atoms with Crippen LogP contribution in [0, 0.1) is 13.8 Å². The van der Waals surface area contributed by atoms with Gasteiger partial charge in [0.1, 0.15) is 18.7 Å². The molecule has 0 radical (unpaired) electrons. The molecule has 3 aromatic carbocycles. The summed E-state index contributed by atoms with van der Waals surface area (Å²) in [5.41, 5.74) is 10.4. The molecule has 182 valence electrons. The maximum atomic E-state index is 13.2. The molecule has 7 heteroatoms. The Morgan fingerprint density at radius 1 is 0.743 bits per heavy atom. The van der Waals surface area contributed by atoms with Gasteiger partial charge in [0, 0.05) is 12.8 Å². The van der Waals surface area contributed by atoms with Gasteiger partial charge in [-0.1, -0.05) is 78.9 Å². The molecule has 0 aliphatic rings. The molecule has 3 amide bonds. The molecule has 0 bridgehead atoms. The fourth-order valence-corrected chi connectivity index (χ4v) is 3.63. The van der Waals surface area contributed by atoms with E-state index in [2.05, 4.69) is 10.6 Å². The molecule has 3 aromatic rings. The zero-order chi connectivity index (χ0) is 25.2. The molecule has 4 N–H and O–H groups in total. The van der Waals surface area contributed by atoms with Crippen LogP contribution in [0.3, 0.4) is 0 Å². The maximum Gasteiger partial charge on any atom is 0.408 e. The highest BCUT2D eigenvalue weighted by Gasteiger charge is 2.27. The van der Waals surface area contributed by atoms with Crippen molar-refractivity contribution in [1.29, 1.82) is 0 Å². The first-order valence-electron chi connectivity index (χ1n) is 11.5. The smallest absolute Gasteiger partial charge is 0.408 e. The Hall–Kier alpha value is -4.13. The fraction of sp³-hybridized carbons (Fsp3) is 0.250. The first-order valence-corrected chi connectivity index (χ1v) is 11.5. The van der Waals surface area contributed by atoms with Gasteiger partial charge in [0.05, 0.1) is 0 Å². The molecular weight excluding hydrogens is 442 g/mol. The first kappa shape index (κ1) is 25.5. The molecule has 0 unspecified atom stereocenters. The lowest BCUT2D eigenvalue weighted by Gasteiger charge is -2.22. The van der Waals surface area contributed by atoms with E-state index in [1.165, 1.54) is 0 Å². The largest absolute Gasteiger partial charge is 0.445 e. The summed E-state index contributed by atoms with van der Waals surface area (Å²) in [4.78, 5) is 37.8. The van der Waals surface area contributed by atoms with Gasteiger partial charge in [-0.3, -0.25) is 9.59 Å². The van der Waals surface area contributed by atoms with Gasteiger partial charge in [-0.25, -0.2) is 4.79 Å². The number of rotatable bonds is 10. The Morgan fingerprint density at radius 3 is 1.94 bits per heavy atom. The Kier molecular flexibility index (Phi) is 9.01. The van der Waals surface area contributed by atoms with Crippen molar-refractivity contribution in [2.24, 2.45) is 5.73 Å². The van der Waals surface area contributed by atoms with E-state index in [0.29, 0.717) is 0 Å². The zero-order valence-corrected chi connectivity index (χ0v) is 20.0. The van der Waals surface area contributed by atoms with Crippen LogP contribution in [0.1, 0.15) is 27.8 Å². The van der Waals surface area contributed by atoms with Crippen molar-refractivity contribution in [2.75, 3.05) is 0 Å². The Balaban J connectivity index is 1.70. The lowest BCUT2D eigenvalue weighted by Crippen LogP contribution is -2.54. The summed E-state index contributed by atoms with van der Waals surface area (Å²) in [7, 11) is 0. The number of carbonyl (C=O) groups is 3. The topological polar surface area (TPSA) is 111 Å². The van der Waals surface area contributed by atoms with Crippen LogP contribution in [-0.2, 0) is 33.8 Å². The average Bonchev–Trinajstić information content (AvgIpc) is 2.85. The summed E-state index contributed by atoms with van der Waals surface area (Å²) < 4.78 is 5.30. The highest BCUT2D eigenvalue weighted by Crippen LogP contribution is 2.12. The molecule has 0 spiro atoms. The molecule has 0 aliphatic carbocycles. The van der Waals surface area contributed by atoms with E-state index in [9.17, 15) is 14.4 Å². The minimum atomic E-state index is -0.956. The first-order chi connectivity index (χ1) is 16.8. The number of aryl methyl sites for hydroxylation is 2. The maximum absolute atomic E-state index is 13.2. The van der Waals surface area contributed by atoms with Crippen LogP contribution in [0.2, 0.25) is 0 Å². The molecule has 0 aromatic heterocycles. The number of benzene rings is 3. The zero-order valence-electron chi connectivity index (χ0n) is 20.0. The van der Waals surface area contributed by atoms with Gasteiger partial charge in [-0.15, -0.1) is 0 Å². The number of nitrogens with one attached hydrogen (secondary N) is 2. The van der Waals surface area contributed by atoms with Gasteiger partial charge in [-0.2, -0.15) is 0 Å². The van der Waals surface area contributed by atoms with Crippen molar-refractivity contribution in [2.45, 2.75) is 45.4 Å². The van der Waals surface area contributed by atoms with Gasteiger partial charge >= 0.3 is 6.09 Å². The highest BCUT2D eigenvalue weighted by atomic mass is 16.5. The molecular formula is C28H31N3O4. The van der Waals surface area contributed by atoms with Crippen molar-refractivity contribution in [3.05, 3.63) is 107 Å². The standard InChI is InChI=1S/C28H31N3O4/c1-19-13-14-23(15-20(19)2)17-24(26(29)32)30-27(33)25(16-21-9-5-3-6-10-21)31-28(34)35-18-22-11-7-4-8-12-22/h3-15,24-25H,16-18H2,1-2H3,(H2,29,32)(H,30,33)(H,31,34)/t24-,25+/m1/s1. The Morgan fingerprint density at radius 2 is 1.34 bits per heavy atom. The third-order valence-corrected chi connectivity index (χ3v) is 5.78. The lowest BCUT2D eigenvalue weighted by molar-refractivity contribution is -0.128. The second-order valence-corrected chi connectivity index (χ2v) is 8.53. The lowest BCUT2D eigenvalue weighted by atomic mass is 9.99. The van der Waals surface area contributed by atoms with E-state index in [1.807, 2.05) is 92.7 Å². The number of nitrogens with two attached hydrogens (primary N) is 1. The number of hydrogen-bond donors (Lipinski definition) is 3. The highest BCUT2D eigenvalue weighted by molar-refractivity contribution is 5.91. The molecule has 0 fully saturated rings. The third kappa shape index (κ3) is 7.99. The summed E-state index contributed by atoms with van der Waals surface area (Å²) in [6.07, 6.45) is -0.254. The van der Waals surface area contributed by atoms with Crippen LogP contribution in [0.5, 0.6) is 0 Å². The van der Waals surface area contributed by atoms with Gasteiger partial charge in [0.25, 0.3) is 0 Å². The average molecular weight is 474 g/mol. The Labute approximate surface area is 205 Å². The monoisotopic (exact) mass is 473 g/mol. The predicted octanol–water partition coefficient (Wildman–Crippen LogP) is 3.35. The van der Waals surface area contributed by atoms with E-state index >= 15 is 0 Å². The minimum absolute atomic E-state index is 0.0725. The van der Waals surface area contributed by atoms with E-state index in [1.54, 1.807) is 0 Å². The van der Waals surface area contributed by atoms with Crippen LogP contribution >= 0.6 is 0 Å². The van der Waals surface area contributed by atoms with Crippen LogP contribution < -0.4 is 16.4 Å². The predicted molar refractivity (Wildman–Crippen MR) is 134 cm³/mol. The van der Waals surface area contributed by atoms with Crippen LogP contribution in [0.25, 0.3) is 0 Å². The SMILES string of the molecule is Cc1ccc(C[C@@H](NC(=O)[C@H](Cc2ccccc2)NC(=O)OCc2ccccc2)C(N)=O)cc1C. The Bertz CT molecular complexity index is 1150. The number of carbonyl (C=O) groups excluding carboxylic acids is 3. The van der Waals surface area contributed by atoms with Crippen LogP contribution in [-0.4, -0.2) is 30.0 Å². The third-order valence-electron chi connectivity index (χ3n) is 5.78. The molecule has 0 saturated heterocycles.